The fourth-order valence-corrected chi connectivity index (χ4v) is 2.86. The van der Waals surface area contributed by atoms with E-state index in [2.05, 4.69) is 10.5 Å². The van der Waals surface area contributed by atoms with Crippen molar-refractivity contribution < 1.29 is 24.0 Å². The normalized spacial score (nSPS) is 14.3. The third-order valence-electron chi connectivity index (χ3n) is 3.44. The molecule has 0 bridgehead atoms. The summed E-state index contributed by atoms with van der Waals surface area (Å²) in [7, 11) is 0. The minimum atomic E-state index is -0.920. The molecule has 0 atom stereocenters. The van der Waals surface area contributed by atoms with E-state index in [0.717, 1.165) is 11.3 Å². The maximum absolute atomic E-state index is 12.1. The number of carbonyl (C=O) groups is 3. The van der Waals surface area contributed by atoms with Crippen LogP contribution < -0.4 is 5.43 Å². The average Bonchev–Trinajstić information content (AvgIpc) is 3.10. The van der Waals surface area contributed by atoms with Crippen molar-refractivity contribution in [3.8, 4) is 0 Å². The van der Waals surface area contributed by atoms with E-state index < -0.39 is 22.8 Å². The molecular weight excluding hydrogens is 366 g/mol. The van der Waals surface area contributed by atoms with Gasteiger partial charge in [-0.2, -0.15) is 5.10 Å². The smallest absolute Gasteiger partial charge is 0.409 e. The number of nitrogens with zero attached hydrogens (tertiary/aromatic N) is 4. The third kappa shape index (κ3) is 4.99. The molecule has 2 heterocycles. The number of carbonyl (C=O) groups excluding carboxylic acids is 3. The molecule has 12 heteroatoms. The van der Waals surface area contributed by atoms with E-state index in [-0.39, 0.29) is 37.8 Å². The minimum absolute atomic E-state index is 0.0478. The van der Waals surface area contributed by atoms with Crippen LogP contribution in [0.25, 0.3) is 0 Å². The van der Waals surface area contributed by atoms with Crippen LogP contribution in [0, 0.1) is 10.1 Å². The Morgan fingerprint density at radius 3 is 2.54 bits per heavy atom. The lowest BCUT2D eigenvalue weighted by molar-refractivity contribution is -0.380. The molecule has 0 aliphatic carbocycles. The van der Waals surface area contributed by atoms with Gasteiger partial charge in [0.25, 0.3) is 0 Å². The van der Waals surface area contributed by atoms with Gasteiger partial charge in [-0.15, -0.1) is 0 Å². The fraction of sp³-hybridized carbons (Fsp3) is 0.429. The van der Waals surface area contributed by atoms with Crippen LogP contribution >= 0.6 is 11.3 Å². The highest BCUT2D eigenvalue weighted by atomic mass is 32.1. The molecule has 0 saturated carbocycles. The van der Waals surface area contributed by atoms with Crippen LogP contribution in [0.15, 0.2) is 17.2 Å². The molecule has 3 amide bonds. The first-order chi connectivity index (χ1) is 12.4. The monoisotopic (exact) mass is 383 g/mol. The second-order valence-corrected chi connectivity index (χ2v) is 6.20. The molecule has 1 saturated heterocycles. The highest BCUT2D eigenvalue weighted by Gasteiger charge is 2.28. The van der Waals surface area contributed by atoms with Crippen LogP contribution in [0.4, 0.5) is 9.80 Å². The zero-order valence-electron chi connectivity index (χ0n) is 13.9. The Morgan fingerprint density at radius 1 is 1.31 bits per heavy atom. The molecule has 0 radical (unpaired) electrons. The number of hydrogen-bond donors (Lipinski definition) is 1. The number of nitro groups is 1. The Bertz CT molecular complexity index is 725. The zero-order valence-corrected chi connectivity index (χ0v) is 14.7. The summed E-state index contributed by atoms with van der Waals surface area (Å²) in [6.07, 6.45) is 0.778. The first-order valence-corrected chi connectivity index (χ1v) is 8.52. The molecule has 11 nitrogen and oxygen atoms in total. The molecule has 1 aliphatic heterocycles. The summed E-state index contributed by atoms with van der Waals surface area (Å²) in [6.45, 7) is 2.96. The van der Waals surface area contributed by atoms with Crippen molar-refractivity contribution in [2.75, 3.05) is 32.8 Å². The van der Waals surface area contributed by atoms with Crippen LogP contribution in [0.5, 0.6) is 0 Å². The average molecular weight is 383 g/mol. The van der Waals surface area contributed by atoms with E-state index in [1.165, 1.54) is 28.1 Å². The molecule has 2 rings (SSSR count). The number of hydrazone groups is 1. The first-order valence-electron chi connectivity index (χ1n) is 7.70. The molecule has 26 heavy (non-hydrogen) atoms. The van der Waals surface area contributed by atoms with Crippen LogP contribution in [0.3, 0.4) is 0 Å². The number of ether oxygens (including phenoxy) is 1. The lowest BCUT2D eigenvalue weighted by Crippen LogP contribution is -2.53. The maximum Gasteiger partial charge on any atom is 0.409 e. The van der Waals surface area contributed by atoms with Crippen LogP contribution in [0.2, 0.25) is 0 Å². The van der Waals surface area contributed by atoms with Crippen molar-refractivity contribution in [3.05, 3.63) is 27.1 Å². The zero-order chi connectivity index (χ0) is 19.1. The molecule has 1 aromatic rings. The van der Waals surface area contributed by atoms with Gasteiger partial charge in [0.2, 0.25) is 0 Å². The van der Waals surface area contributed by atoms with Crippen LogP contribution in [-0.2, 0) is 14.3 Å². The molecule has 0 spiro atoms. The SMILES string of the molecule is CCOC(=O)N1CCN(C(=O)C(=O)N/N=C/c2ccc([N+](=O)[O-])s2)CC1. The Hall–Kier alpha value is -3.02. The van der Waals surface area contributed by atoms with Crippen LogP contribution in [-0.4, -0.2) is 71.6 Å². The number of rotatable bonds is 4. The van der Waals surface area contributed by atoms with E-state index in [4.69, 9.17) is 4.74 Å². The highest BCUT2D eigenvalue weighted by molar-refractivity contribution is 7.16. The van der Waals surface area contributed by atoms with Gasteiger partial charge in [-0.05, 0) is 13.0 Å². The van der Waals surface area contributed by atoms with Gasteiger partial charge in [0.1, 0.15) is 0 Å². The van der Waals surface area contributed by atoms with Crippen molar-refractivity contribution in [1.29, 1.82) is 0 Å². The molecule has 0 unspecified atom stereocenters. The van der Waals surface area contributed by atoms with E-state index in [1.54, 1.807) is 6.92 Å². The van der Waals surface area contributed by atoms with E-state index in [0.29, 0.717) is 4.88 Å². The Morgan fingerprint density at radius 2 is 1.96 bits per heavy atom. The first kappa shape index (κ1) is 19.3. The third-order valence-corrected chi connectivity index (χ3v) is 4.41. The molecule has 0 aromatic carbocycles. The second kappa shape index (κ2) is 8.89. The van der Waals surface area contributed by atoms with Gasteiger partial charge in [-0.25, -0.2) is 10.2 Å². The topological polar surface area (TPSA) is 134 Å². The molecule has 1 aromatic heterocycles. The van der Waals surface area contributed by atoms with Gasteiger partial charge < -0.3 is 14.5 Å². The fourth-order valence-electron chi connectivity index (χ4n) is 2.16. The van der Waals surface area contributed by atoms with Crippen molar-refractivity contribution in [3.63, 3.8) is 0 Å². The predicted molar refractivity (Wildman–Crippen MR) is 91.9 cm³/mol. The van der Waals surface area contributed by atoms with E-state index in [1.807, 2.05) is 0 Å². The molecule has 140 valence electrons. The number of piperazine rings is 1. The van der Waals surface area contributed by atoms with Gasteiger partial charge in [0, 0.05) is 32.2 Å². The van der Waals surface area contributed by atoms with E-state index >= 15 is 0 Å². The summed E-state index contributed by atoms with van der Waals surface area (Å²) in [5, 5.41) is 14.2. The van der Waals surface area contributed by atoms with Crippen molar-refractivity contribution in [2.45, 2.75) is 6.92 Å². The summed E-state index contributed by atoms with van der Waals surface area (Å²) >= 11 is 0.892. The largest absolute Gasteiger partial charge is 0.450 e. The summed E-state index contributed by atoms with van der Waals surface area (Å²) in [5.74, 6) is -1.68. The van der Waals surface area contributed by atoms with Gasteiger partial charge in [-0.3, -0.25) is 19.7 Å². The van der Waals surface area contributed by atoms with Crippen molar-refractivity contribution >= 4 is 40.5 Å². The van der Waals surface area contributed by atoms with E-state index in [9.17, 15) is 24.5 Å². The summed E-state index contributed by atoms with van der Waals surface area (Å²) in [4.78, 5) is 48.8. The number of amides is 3. The predicted octanol–water partition coefficient (Wildman–Crippen LogP) is 0.407. The summed E-state index contributed by atoms with van der Waals surface area (Å²) in [5.41, 5.74) is 2.09. The maximum atomic E-state index is 12.1. The molecule has 1 N–H and O–H groups in total. The van der Waals surface area contributed by atoms with Crippen molar-refractivity contribution in [2.24, 2.45) is 5.10 Å². The molecular formula is C14H17N5O6S. The summed E-state index contributed by atoms with van der Waals surface area (Å²) < 4.78 is 4.88. The van der Waals surface area contributed by atoms with Gasteiger partial charge >= 0.3 is 22.9 Å². The molecule has 1 fully saturated rings. The standard InChI is InChI=1S/C14H17N5O6S/c1-2-25-14(22)18-7-5-17(6-8-18)13(21)12(20)16-15-9-10-3-4-11(26-10)19(23)24/h3-4,9H,2,5-8H2,1H3,(H,16,20)/b15-9+. The number of nitrogens with one attached hydrogen (secondary N) is 1. The van der Waals surface area contributed by atoms with Crippen LogP contribution in [0.1, 0.15) is 11.8 Å². The highest BCUT2D eigenvalue weighted by Crippen LogP contribution is 2.22. The van der Waals surface area contributed by atoms with Crippen molar-refractivity contribution in [1.82, 2.24) is 15.2 Å². The Balaban J connectivity index is 1.80. The minimum Gasteiger partial charge on any atom is -0.450 e. The Kier molecular flexibility index (Phi) is 6.60. The van der Waals surface area contributed by atoms with Gasteiger partial charge in [0.15, 0.2) is 0 Å². The van der Waals surface area contributed by atoms with Gasteiger partial charge in [-0.1, -0.05) is 11.3 Å². The summed E-state index contributed by atoms with van der Waals surface area (Å²) in [6, 6.07) is 2.80. The Labute approximate surface area is 152 Å². The van der Waals surface area contributed by atoms with Gasteiger partial charge in [0.05, 0.1) is 22.6 Å². The number of thiophene rings is 1. The molecule has 1 aliphatic rings. The lowest BCUT2D eigenvalue weighted by Gasteiger charge is -2.33. The lowest BCUT2D eigenvalue weighted by atomic mass is 10.3. The number of hydrogen-bond acceptors (Lipinski definition) is 8. The quantitative estimate of drug-likeness (QED) is 0.346. The second-order valence-electron chi connectivity index (χ2n) is 5.11.